The van der Waals surface area contributed by atoms with E-state index in [9.17, 15) is 0 Å². The monoisotopic (exact) mass is 197 g/mol. The molecule has 1 aromatic heterocycles. The van der Waals surface area contributed by atoms with Crippen LogP contribution in [0.3, 0.4) is 0 Å². The van der Waals surface area contributed by atoms with Crippen LogP contribution in [-0.2, 0) is 0 Å². The second-order valence-corrected chi connectivity index (χ2v) is 3.86. The predicted molar refractivity (Wildman–Crippen MR) is 56.0 cm³/mol. The van der Waals surface area contributed by atoms with Crippen LogP contribution in [0.4, 0.5) is 0 Å². The molecule has 0 amide bonds. The molecule has 0 radical (unpaired) electrons. The summed E-state index contributed by atoms with van der Waals surface area (Å²) in [6, 6.07) is 2.55. The molecule has 1 atom stereocenters. The maximum absolute atomic E-state index is 8.94. The van der Waals surface area contributed by atoms with Gasteiger partial charge in [-0.15, -0.1) is 0 Å². The molecule has 4 heteroatoms. The number of aliphatic hydroxyl groups excluding tert-OH is 1. The minimum Gasteiger partial charge on any atom is -0.396 e. The summed E-state index contributed by atoms with van der Waals surface area (Å²) in [4.78, 5) is 0. The second kappa shape index (κ2) is 5.12. The second-order valence-electron chi connectivity index (χ2n) is 3.86. The van der Waals surface area contributed by atoms with Gasteiger partial charge in [0, 0.05) is 18.3 Å². The van der Waals surface area contributed by atoms with Gasteiger partial charge in [-0.25, -0.2) is 0 Å². The topological polar surface area (TPSA) is 60.9 Å². The molecule has 0 fully saturated rings. The number of aryl methyl sites for hydroxylation is 1. The van der Waals surface area contributed by atoms with Crippen LogP contribution >= 0.6 is 0 Å². The van der Waals surface area contributed by atoms with E-state index in [1.807, 2.05) is 13.0 Å². The van der Waals surface area contributed by atoms with Gasteiger partial charge < -0.3 is 10.4 Å². The molecule has 4 nitrogen and oxygen atoms in total. The maximum Gasteiger partial charge on any atom is 0.0795 e. The minimum atomic E-state index is 0.143. The number of hydrogen-bond donors (Lipinski definition) is 3. The van der Waals surface area contributed by atoms with Gasteiger partial charge >= 0.3 is 0 Å². The first-order valence-electron chi connectivity index (χ1n) is 5.02. The van der Waals surface area contributed by atoms with Gasteiger partial charge in [0.2, 0.25) is 0 Å². The summed E-state index contributed by atoms with van der Waals surface area (Å²) in [6.45, 7) is 6.33. The SMILES string of the molecule is Cc1cc(C(CCO)NC(C)C)n[nH]1. The van der Waals surface area contributed by atoms with E-state index in [2.05, 4.69) is 29.4 Å². The summed E-state index contributed by atoms with van der Waals surface area (Å²) in [6.07, 6.45) is 0.697. The molecule has 0 aliphatic heterocycles. The molecular weight excluding hydrogens is 178 g/mol. The zero-order valence-corrected chi connectivity index (χ0v) is 9.04. The number of nitrogens with one attached hydrogen (secondary N) is 2. The molecule has 14 heavy (non-hydrogen) atoms. The van der Waals surface area contributed by atoms with Gasteiger partial charge in [0.25, 0.3) is 0 Å². The van der Waals surface area contributed by atoms with Gasteiger partial charge in [0.05, 0.1) is 11.7 Å². The first-order chi connectivity index (χ1) is 6.63. The van der Waals surface area contributed by atoms with Gasteiger partial charge in [-0.1, -0.05) is 13.8 Å². The molecule has 1 rings (SSSR count). The van der Waals surface area contributed by atoms with Gasteiger partial charge in [-0.05, 0) is 19.4 Å². The van der Waals surface area contributed by atoms with E-state index < -0.39 is 0 Å². The minimum absolute atomic E-state index is 0.143. The van der Waals surface area contributed by atoms with E-state index >= 15 is 0 Å². The lowest BCUT2D eigenvalue weighted by Gasteiger charge is -2.18. The van der Waals surface area contributed by atoms with Gasteiger partial charge in [0.1, 0.15) is 0 Å². The highest BCUT2D eigenvalue weighted by Crippen LogP contribution is 2.15. The fraction of sp³-hybridized carbons (Fsp3) is 0.700. The Labute approximate surface area is 84.7 Å². The largest absolute Gasteiger partial charge is 0.396 e. The quantitative estimate of drug-likeness (QED) is 0.663. The van der Waals surface area contributed by atoms with Crippen LogP contribution in [0, 0.1) is 6.92 Å². The highest BCUT2D eigenvalue weighted by molar-refractivity contribution is 5.11. The molecule has 0 spiro atoms. The predicted octanol–water partition coefficient (Wildman–Crippen LogP) is 1.14. The van der Waals surface area contributed by atoms with E-state index in [1.54, 1.807) is 0 Å². The molecule has 0 aromatic carbocycles. The van der Waals surface area contributed by atoms with E-state index in [0.29, 0.717) is 12.5 Å². The molecule has 1 unspecified atom stereocenters. The molecule has 0 saturated heterocycles. The van der Waals surface area contributed by atoms with Crippen molar-refractivity contribution in [3.63, 3.8) is 0 Å². The van der Waals surface area contributed by atoms with E-state index in [1.165, 1.54) is 0 Å². The number of nitrogens with zero attached hydrogens (tertiary/aromatic N) is 1. The Morgan fingerprint density at radius 2 is 2.29 bits per heavy atom. The molecule has 80 valence electrons. The fourth-order valence-electron chi connectivity index (χ4n) is 1.47. The molecule has 0 saturated carbocycles. The van der Waals surface area contributed by atoms with Crippen LogP contribution in [-0.4, -0.2) is 28.0 Å². The summed E-state index contributed by atoms with van der Waals surface area (Å²) >= 11 is 0. The van der Waals surface area contributed by atoms with Crippen LogP contribution in [0.2, 0.25) is 0 Å². The molecule has 1 heterocycles. The zero-order valence-electron chi connectivity index (χ0n) is 9.04. The molecule has 0 bridgehead atoms. The van der Waals surface area contributed by atoms with Crippen LogP contribution in [0.15, 0.2) is 6.07 Å². The number of aliphatic hydroxyl groups is 1. The number of H-pyrrole nitrogens is 1. The van der Waals surface area contributed by atoms with Crippen molar-refractivity contribution in [3.05, 3.63) is 17.5 Å². The number of rotatable bonds is 5. The highest BCUT2D eigenvalue weighted by Gasteiger charge is 2.14. The fourth-order valence-corrected chi connectivity index (χ4v) is 1.47. The van der Waals surface area contributed by atoms with E-state index in [0.717, 1.165) is 11.4 Å². The maximum atomic E-state index is 8.94. The van der Waals surface area contributed by atoms with Crippen molar-refractivity contribution in [3.8, 4) is 0 Å². The van der Waals surface area contributed by atoms with Crippen molar-refractivity contribution < 1.29 is 5.11 Å². The standard InChI is InChI=1S/C10H19N3O/c1-7(2)11-9(4-5-14)10-6-8(3)12-13-10/h6-7,9,11,14H,4-5H2,1-3H3,(H,12,13). The molecule has 0 aliphatic carbocycles. The Kier molecular flexibility index (Phi) is 4.10. The van der Waals surface area contributed by atoms with Crippen molar-refractivity contribution >= 4 is 0 Å². The third kappa shape index (κ3) is 3.12. The Hall–Kier alpha value is -0.870. The van der Waals surface area contributed by atoms with Crippen LogP contribution < -0.4 is 5.32 Å². The number of aromatic nitrogens is 2. The van der Waals surface area contributed by atoms with Crippen LogP contribution in [0.1, 0.15) is 37.7 Å². The first-order valence-corrected chi connectivity index (χ1v) is 5.02. The molecule has 1 aromatic rings. The third-order valence-corrected chi connectivity index (χ3v) is 2.04. The smallest absolute Gasteiger partial charge is 0.0795 e. The van der Waals surface area contributed by atoms with Gasteiger partial charge in [0.15, 0.2) is 0 Å². The van der Waals surface area contributed by atoms with Crippen LogP contribution in [0.5, 0.6) is 0 Å². The van der Waals surface area contributed by atoms with Crippen molar-refractivity contribution in [1.82, 2.24) is 15.5 Å². The van der Waals surface area contributed by atoms with Crippen molar-refractivity contribution in [1.29, 1.82) is 0 Å². The lowest BCUT2D eigenvalue weighted by molar-refractivity contribution is 0.260. The average Bonchev–Trinajstić information content (AvgIpc) is 2.50. The van der Waals surface area contributed by atoms with Crippen molar-refractivity contribution in [2.24, 2.45) is 0 Å². The summed E-state index contributed by atoms with van der Waals surface area (Å²) in [5.74, 6) is 0. The highest BCUT2D eigenvalue weighted by atomic mass is 16.3. The normalized spacial score (nSPS) is 13.5. The van der Waals surface area contributed by atoms with Crippen molar-refractivity contribution in [2.75, 3.05) is 6.61 Å². The van der Waals surface area contributed by atoms with Crippen molar-refractivity contribution in [2.45, 2.75) is 39.3 Å². The molecule has 3 N–H and O–H groups in total. The molecular formula is C10H19N3O. The van der Waals surface area contributed by atoms with Crippen LogP contribution in [0.25, 0.3) is 0 Å². The lowest BCUT2D eigenvalue weighted by Crippen LogP contribution is -2.29. The number of hydrogen-bond acceptors (Lipinski definition) is 3. The third-order valence-electron chi connectivity index (χ3n) is 2.04. The lowest BCUT2D eigenvalue weighted by atomic mass is 10.1. The average molecular weight is 197 g/mol. The Morgan fingerprint density at radius 1 is 1.57 bits per heavy atom. The zero-order chi connectivity index (χ0) is 10.6. The molecule has 0 aliphatic rings. The van der Waals surface area contributed by atoms with E-state index in [-0.39, 0.29) is 12.6 Å². The number of aromatic amines is 1. The van der Waals surface area contributed by atoms with E-state index in [4.69, 9.17) is 5.11 Å². The van der Waals surface area contributed by atoms with Gasteiger partial charge in [-0.2, -0.15) is 5.10 Å². The summed E-state index contributed by atoms with van der Waals surface area (Å²) in [5.41, 5.74) is 2.03. The summed E-state index contributed by atoms with van der Waals surface area (Å²) in [5, 5.41) is 19.4. The summed E-state index contributed by atoms with van der Waals surface area (Å²) in [7, 11) is 0. The Morgan fingerprint density at radius 3 is 2.71 bits per heavy atom. The Bertz CT molecular complexity index is 270. The van der Waals surface area contributed by atoms with Gasteiger partial charge in [-0.3, -0.25) is 5.10 Å². The Balaban J connectivity index is 2.66. The summed E-state index contributed by atoms with van der Waals surface area (Å²) < 4.78 is 0. The first kappa shape index (κ1) is 11.2.